The van der Waals surface area contributed by atoms with Gasteiger partial charge in [0.05, 0.1) is 18.2 Å². The molecule has 2 fully saturated rings. The smallest absolute Gasteiger partial charge is 0.238 e. The number of rotatable bonds is 5. The highest BCUT2D eigenvalue weighted by molar-refractivity contribution is 7.99. The van der Waals surface area contributed by atoms with Crippen LogP contribution in [-0.2, 0) is 9.53 Å². The molecule has 0 bridgehead atoms. The average molecular weight is 287 g/mol. The third kappa shape index (κ3) is 4.95. The second-order valence-corrected chi connectivity index (χ2v) is 6.46. The Morgan fingerprint density at radius 3 is 2.79 bits per heavy atom. The molecule has 2 saturated heterocycles. The van der Waals surface area contributed by atoms with Crippen LogP contribution >= 0.6 is 11.8 Å². The van der Waals surface area contributed by atoms with Gasteiger partial charge in [0.1, 0.15) is 0 Å². The number of thioether (sulfide) groups is 1. The Hall–Kier alpha value is -0.300. The van der Waals surface area contributed by atoms with Crippen molar-refractivity contribution >= 4 is 17.7 Å². The van der Waals surface area contributed by atoms with E-state index < -0.39 is 0 Å². The van der Waals surface area contributed by atoms with Crippen LogP contribution in [0.25, 0.3) is 0 Å². The number of ether oxygens (including phenoxy) is 1. The summed E-state index contributed by atoms with van der Waals surface area (Å²) in [6, 6.07) is 0.00781. The molecule has 19 heavy (non-hydrogen) atoms. The molecule has 6 heteroatoms. The lowest BCUT2D eigenvalue weighted by molar-refractivity contribution is -0.122. The predicted molar refractivity (Wildman–Crippen MR) is 78.3 cm³/mol. The number of morpholine rings is 1. The molecule has 1 amide bonds. The van der Waals surface area contributed by atoms with Crippen molar-refractivity contribution in [3.8, 4) is 0 Å². The number of hydrogen-bond donors (Lipinski definition) is 2. The molecule has 3 atom stereocenters. The largest absolute Gasteiger partial charge is 0.373 e. The van der Waals surface area contributed by atoms with E-state index in [2.05, 4.69) is 29.4 Å². The van der Waals surface area contributed by atoms with E-state index in [1.807, 2.05) is 0 Å². The summed E-state index contributed by atoms with van der Waals surface area (Å²) in [5.74, 6) is 1.93. The van der Waals surface area contributed by atoms with E-state index in [0.717, 1.165) is 44.2 Å². The number of carbonyl (C=O) groups is 1. The molecular weight excluding hydrogens is 262 g/mol. The van der Waals surface area contributed by atoms with Crippen molar-refractivity contribution in [3.05, 3.63) is 0 Å². The second kappa shape index (κ2) is 7.47. The van der Waals surface area contributed by atoms with Crippen molar-refractivity contribution in [1.82, 2.24) is 15.5 Å². The van der Waals surface area contributed by atoms with Gasteiger partial charge in [0, 0.05) is 37.8 Å². The molecule has 0 spiro atoms. The number of nitrogens with one attached hydrogen (secondary N) is 2. The summed E-state index contributed by atoms with van der Waals surface area (Å²) < 4.78 is 5.71. The minimum Gasteiger partial charge on any atom is -0.373 e. The van der Waals surface area contributed by atoms with Gasteiger partial charge in [-0.2, -0.15) is 0 Å². The van der Waals surface area contributed by atoms with Gasteiger partial charge in [0.15, 0.2) is 0 Å². The van der Waals surface area contributed by atoms with E-state index in [1.165, 1.54) is 0 Å². The zero-order valence-corrected chi connectivity index (χ0v) is 12.7. The molecule has 110 valence electrons. The molecule has 2 aliphatic heterocycles. The Kier molecular flexibility index (Phi) is 5.94. The van der Waals surface area contributed by atoms with E-state index in [4.69, 9.17) is 4.74 Å². The lowest BCUT2D eigenvalue weighted by Gasteiger charge is -2.35. The van der Waals surface area contributed by atoms with Gasteiger partial charge in [-0.05, 0) is 20.3 Å². The van der Waals surface area contributed by atoms with Crippen LogP contribution in [0.15, 0.2) is 0 Å². The van der Waals surface area contributed by atoms with E-state index in [1.54, 1.807) is 11.8 Å². The molecule has 0 aromatic carbocycles. The topological polar surface area (TPSA) is 53.6 Å². The minimum absolute atomic E-state index is 0.00781. The first-order chi connectivity index (χ1) is 9.15. The molecule has 0 radical (unpaired) electrons. The van der Waals surface area contributed by atoms with Gasteiger partial charge >= 0.3 is 0 Å². The molecule has 5 nitrogen and oxygen atoms in total. The Morgan fingerprint density at radius 1 is 1.42 bits per heavy atom. The summed E-state index contributed by atoms with van der Waals surface area (Å²) in [6.07, 6.45) is 1.64. The van der Waals surface area contributed by atoms with Gasteiger partial charge in [-0.25, -0.2) is 0 Å². The van der Waals surface area contributed by atoms with Gasteiger partial charge < -0.3 is 10.1 Å². The fourth-order valence-electron chi connectivity index (χ4n) is 2.67. The number of carbonyl (C=O) groups excluding carboxylic acids is 1. The van der Waals surface area contributed by atoms with E-state index in [-0.39, 0.29) is 11.9 Å². The predicted octanol–water partition coefficient (Wildman–Crippen LogP) is 0.264. The average Bonchev–Trinajstić information content (AvgIpc) is 2.87. The standard InChI is InChI=1S/C13H25N3O2S/c1-10-6-16(7-11(2)18-10)5-3-4-14-13(17)12-8-19-9-15-12/h10-12,15H,3-9H2,1-2H3,(H,14,17). The molecule has 2 heterocycles. The first kappa shape index (κ1) is 15.1. The summed E-state index contributed by atoms with van der Waals surface area (Å²) in [5.41, 5.74) is 0. The molecule has 0 aliphatic carbocycles. The fraction of sp³-hybridized carbons (Fsp3) is 0.923. The van der Waals surface area contributed by atoms with Gasteiger partial charge in [0.25, 0.3) is 0 Å². The monoisotopic (exact) mass is 287 g/mol. The molecular formula is C13H25N3O2S. The van der Waals surface area contributed by atoms with Crippen LogP contribution in [0.4, 0.5) is 0 Å². The third-order valence-electron chi connectivity index (χ3n) is 3.48. The molecule has 0 aromatic heterocycles. The maximum Gasteiger partial charge on any atom is 0.238 e. The Labute approximate surface area is 119 Å². The zero-order chi connectivity index (χ0) is 13.7. The lowest BCUT2D eigenvalue weighted by Crippen LogP contribution is -2.46. The van der Waals surface area contributed by atoms with Crippen LogP contribution in [0, 0.1) is 0 Å². The molecule has 2 N–H and O–H groups in total. The van der Waals surface area contributed by atoms with Crippen LogP contribution < -0.4 is 10.6 Å². The van der Waals surface area contributed by atoms with E-state index in [9.17, 15) is 4.79 Å². The normalized spacial score (nSPS) is 32.4. The quantitative estimate of drug-likeness (QED) is 0.711. The Balaban J connectivity index is 1.57. The first-order valence-electron chi connectivity index (χ1n) is 7.12. The molecule has 0 saturated carbocycles. The van der Waals surface area contributed by atoms with Crippen LogP contribution in [-0.4, -0.2) is 66.9 Å². The summed E-state index contributed by atoms with van der Waals surface area (Å²) in [6.45, 7) is 8.03. The molecule has 2 rings (SSSR count). The van der Waals surface area contributed by atoms with Gasteiger partial charge in [-0.1, -0.05) is 0 Å². The van der Waals surface area contributed by atoms with Crippen LogP contribution in [0.5, 0.6) is 0 Å². The Morgan fingerprint density at radius 2 is 2.16 bits per heavy atom. The number of hydrogen-bond acceptors (Lipinski definition) is 5. The fourth-order valence-corrected chi connectivity index (χ4v) is 3.61. The molecule has 0 aromatic rings. The van der Waals surface area contributed by atoms with Crippen molar-refractivity contribution in [3.63, 3.8) is 0 Å². The van der Waals surface area contributed by atoms with Gasteiger partial charge in [-0.15, -0.1) is 11.8 Å². The van der Waals surface area contributed by atoms with Crippen molar-refractivity contribution in [2.45, 2.75) is 38.5 Å². The van der Waals surface area contributed by atoms with E-state index in [0.29, 0.717) is 12.2 Å². The molecule has 3 unspecified atom stereocenters. The maximum absolute atomic E-state index is 11.8. The van der Waals surface area contributed by atoms with Gasteiger partial charge in [0.2, 0.25) is 5.91 Å². The first-order valence-corrected chi connectivity index (χ1v) is 8.27. The van der Waals surface area contributed by atoms with Crippen molar-refractivity contribution in [2.24, 2.45) is 0 Å². The summed E-state index contributed by atoms with van der Waals surface area (Å²) in [5, 5.41) is 6.20. The lowest BCUT2D eigenvalue weighted by atomic mass is 10.2. The maximum atomic E-state index is 11.8. The minimum atomic E-state index is 0.00781. The zero-order valence-electron chi connectivity index (χ0n) is 11.9. The summed E-state index contributed by atoms with van der Waals surface area (Å²) in [7, 11) is 0. The van der Waals surface area contributed by atoms with Crippen molar-refractivity contribution in [2.75, 3.05) is 37.8 Å². The highest BCUT2D eigenvalue weighted by Gasteiger charge is 2.23. The van der Waals surface area contributed by atoms with E-state index >= 15 is 0 Å². The highest BCUT2D eigenvalue weighted by atomic mass is 32.2. The highest BCUT2D eigenvalue weighted by Crippen LogP contribution is 2.11. The van der Waals surface area contributed by atoms with Crippen molar-refractivity contribution < 1.29 is 9.53 Å². The van der Waals surface area contributed by atoms with Crippen LogP contribution in [0.1, 0.15) is 20.3 Å². The van der Waals surface area contributed by atoms with Gasteiger partial charge in [-0.3, -0.25) is 15.0 Å². The molecule has 2 aliphatic rings. The number of amides is 1. The van der Waals surface area contributed by atoms with Crippen molar-refractivity contribution in [1.29, 1.82) is 0 Å². The number of nitrogens with zero attached hydrogens (tertiary/aromatic N) is 1. The third-order valence-corrected chi connectivity index (χ3v) is 4.42. The van der Waals surface area contributed by atoms with Crippen LogP contribution in [0.3, 0.4) is 0 Å². The SMILES string of the molecule is CC1CN(CCCNC(=O)C2CSCN2)CC(C)O1. The summed E-state index contributed by atoms with van der Waals surface area (Å²) >= 11 is 1.78. The summed E-state index contributed by atoms with van der Waals surface area (Å²) in [4.78, 5) is 14.2. The Bertz CT molecular complexity index is 288. The second-order valence-electron chi connectivity index (χ2n) is 5.43. The van der Waals surface area contributed by atoms with Crippen LogP contribution in [0.2, 0.25) is 0 Å².